The first kappa shape index (κ1) is 16.7. The monoisotopic (exact) mass is 273 g/mol. The Balaban J connectivity index is 2.88. The van der Waals surface area contributed by atoms with Crippen LogP contribution in [0.25, 0.3) is 0 Å². The van der Waals surface area contributed by atoms with Crippen LogP contribution in [0.5, 0.6) is 0 Å². The normalized spacial score (nSPS) is 14.2. The molecule has 1 aromatic carbocycles. The van der Waals surface area contributed by atoms with E-state index in [2.05, 4.69) is 56.2 Å². The number of nitrogens with zero attached hydrogens (tertiary/aromatic N) is 3. The minimum Gasteiger partial charge on any atom is -0.309 e. The van der Waals surface area contributed by atoms with Gasteiger partial charge in [0.15, 0.2) is 0 Å². The van der Waals surface area contributed by atoms with Crippen molar-refractivity contribution in [2.24, 2.45) is 0 Å². The topological polar surface area (TPSA) is 30.3 Å². The van der Waals surface area contributed by atoms with Crippen molar-refractivity contribution in [3.63, 3.8) is 0 Å². The summed E-state index contributed by atoms with van der Waals surface area (Å²) in [6.45, 7) is 1.96. The Morgan fingerprint density at radius 1 is 0.950 bits per heavy atom. The molecule has 1 aromatic rings. The van der Waals surface area contributed by atoms with Gasteiger partial charge in [0.25, 0.3) is 0 Å². The fourth-order valence-electron chi connectivity index (χ4n) is 2.46. The highest BCUT2D eigenvalue weighted by Crippen LogP contribution is 2.32. The molecule has 3 nitrogen and oxygen atoms in total. The van der Waals surface area contributed by atoms with Crippen molar-refractivity contribution >= 4 is 0 Å². The van der Waals surface area contributed by atoms with Gasteiger partial charge < -0.3 is 9.80 Å². The van der Waals surface area contributed by atoms with E-state index >= 15 is 0 Å². The number of nitriles is 1. The van der Waals surface area contributed by atoms with Crippen LogP contribution < -0.4 is 0 Å². The highest BCUT2D eigenvalue weighted by Gasteiger charge is 2.31. The Kier molecular flexibility index (Phi) is 6.70. The Bertz CT molecular complexity index is 420. The standard InChI is InChI=1S/C17H27N3/c1-19(2)13-8-11-17(15-18,12-14-20(3)4)16-9-6-5-7-10-16/h5-7,9-10H,8,11-14H2,1-4H3. The summed E-state index contributed by atoms with van der Waals surface area (Å²) in [4.78, 5) is 4.33. The molecule has 0 amide bonds. The van der Waals surface area contributed by atoms with Gasteiger partial charge in [0, 0.05) is 0 Å². The molecule has 0 radical (unpaired) electrons. The second-order valence-electron chi connectivity index (χ2n) is 6.02. The third-order valence-corrected chi connectivity index (χ3v) is 3.74. The van der Waals surface area contributed by atoms with Crippen LogP contribution in [0.2, 0.25) is 0 Å². The molecule has 110 valence electrons. The lowest BCUT2D eigenvalue weighted by Crippen LogP contribution is -2.30. The van der Waals surface area contributed by atoms with E-state index in [4.69, 9.17) is 0 Å². The Labute approximate surface area is 123 Å². The molecule has 0 aliphatic rings. The van der Waals surface area contributed by atoms with Gasteiger partial charge in [-0.15, -0.1) is 0 Å². The van der Waals surface area contributed by atoms with Crippen molar-refractivity contribution in [3.8, 4) is 6.07 Å². The van der Waals surface area contributed by atoms with Gasteiger partial charge in [0.05, 0.1) is 11.5 Å². The molecular weight excluding hydrogens is 246 g/mol. The van der Waals surface area contributed by atoms with Gasteiger partial charge >= 0.3 is 0 Å². The molecule has 1 unspecified atom stereocenters. The number of benzene rings is 1. The van der Waals surface area contributed by atoms with Crippen molar-refractivity contribution in [1.82, 2.24) is 9.80 Å². The summed E-state index contributed by atoms with van der Waals surface area (Å²) in [6, 6.07) is 12.9. The van der Waals surface area contributed by atoms with Crippen molar-refractivity contribution in [2.45, 2.75) is 24.7 Å². The van der Waals surface area contributed by atoms with E-state index in [1.807, 2.05) is 18.2 Å². The first-order valence-corrected chi connectivity index (χ1v) is 7.26. The molecule has 0 saturated heterocycles. The van der Waals surface area contributed by atoms with E-state index in [1.165, 1.54) is 0 Å². The maximum atomic E-state index is 9.83. The van der Waals surface area contributed by atoms with Crippen LogP contribution in [-0.4, -0.2) is 51.1 Å². The average molecular weight is 273 g/mol. The second kappa shape index (κ2) is 8.04. The zero-order valence-corrected chi connectivity index (χ0v) is 13.3. The number of hydrogen-bond donors (Lipinski definition) is 0. The minimum absolute atomic E-state index is 0.360. The van der Waals surface area contributed by atoms with Gasteiger partial charge in [0.2, 0.25) is 0 Å². The van der Waals surface area contributed by atoms with Crippen molar-refractivity contribution in [2.75, 3.05) is 41.3 Å². The molecule has 0 aliphatic heterocycles. The van der Waals surface area contributed by atoms with Gasteiger partial charge in [-0.25, -0.2) is 0 Å². The van der Waals surface area contributed by atoms with Crippen LogP contribution in [0.1, 0.15) is 24.8 Å². The van der Waals surface area contributed by atoms with E-state index in [-0.39, 0.29) is 5.41 Å². The van der Waals surface area contributed by atoms with E-state index in [9.17, 15) is 5.26 Å². The largest absolute Gasteiger partial charge is 0.309 e. The van der Waals surface area contributed by atoms with Crippen molar-refractivity contribution in [3.05, 3.63) is 35.9 Å². The van der Waals surface area contributed by atoms with Crippen LogP contribution in [0.15, 0.2) is 30.3 Å². The minimum atomic E-state index is -0.360. The Morgan fingerprint density at radius 3 is 2.05 bits per heavy atom. The lowest BCUT2D eigenvalue weighted by molar-refractivity contribution is 0.320. The number of hydrogen-bond acceptors (Lipinski definition) is 3. The van der Waals surface area contributed by atoms with Crippen LogP contribution in [0, 0.1) is 11.3 Å². The first-order chi connectivity index (χ1) is 9.50. The highest BCUT2D eigenvalue weighted by molar-refractivity contribution is 5.32. The molecule has 1 atom stereocenters. The lowest BCUT2D eigenvalue weighted by Gasteiger charge is -2.29. The quantitative estimate of drug-likeness (QED) is 0.729. The molecule has 0 spiro atoms. The third kappa shape index (κ3) is 4.96. The highest BCUT2D eigenvalue weighted by atomic mass is 15.1. The van der Waals surface area contributed by atoms with Crippen LogP contribution in [-0.2, 0) is 5.41 Å². The van der Waals surface area contributed by atoms with Gasteiger partial charge in [-0.05, 0) is 66.1 Å². The number of rotatable bonds is 8. The van der Waals surface area contributed by atoms with E-state index in [1.54, 1.807) is 0 Å². The smallest absolute Gasteiger partial charge is 0.0835 e. The predicted molar refractivity (Wildman–Crippen MR) is 84.7 cm³/mol. The van der Waals surface area contributed by atoms with Crippen LogP contribution in [0.3, 0.4) is 0 Å². The molecule has 0 heterocycles. The predicted octanol–water partition coefficient (Wildman–Crippen LogP) is 2.74. The molecule has 0 bridgehead atoms. The Hall–Kier alpha value is -1.37. The summed E-state index contributed by atoms with van der Waals surface area (Å²) in [5.74, 6) is 0. The van der Waals surface area contributed by atoms with Crippen LogP contribution in [0.4, 0.5) is 0 Å². The molecule has 1 rings (SSSR count). The SMILES string of the molecule is CN(C)CCCC(C#N)(CCN(C)C)c1ccccc1. The summed E-state index contributed by atoms with van der Waals surface area (Å²) in [5, 5.41) is 9.83. The summed E-state index contributed by atoms with van der Waals surface area (Å²) >= 11 is 0. The summed E-state index contributed by atoms with van der Waals surface area (Å²) < 4.78 is 0. The third-order valence-electron chi connectivity index (χ3n) is 3.74. The molecule has 0 aliphatic carbocycles. The summed E-state index contributed by atoms with van der Waals surface area (Å²) in [5.41, 5.74) is 0.796. The summed E-state index contributed by atoms with van der Waals surface area (Å²) in [7, 11) is 8.28. The van der Waals surface area contributed by atoms with E-state index in [0.717, 1.165) is 37.9 Å². The molecule has 0 saturated carbocycles. The van der Waals surface area contributed by atoms with Crippen LogP contribution >= 0.6 is 0 Å². The summed E-state index contributed by atoms with van der Waals surface area (Å²) in [6.07, 6.45) is 2.84. The van der Waals surface area contributed by atoms with E-state index in [0.29, 0.717) is 0 Å². The van der Waals surface area contributed by atoms with Gasteiger partial charge in [-0.3, -0.25) is 0 Å². The lowest BCUT2D eigenvalue weighted by atomic mass is 9.75. The fourth-order valence-corrected chi connectivity index (χ4v) is 2.46. The fraction of sp³-hybridized carbons (Fsp3) is 0.588. The van der Waals surface area contributed by atoms with E-state index < -0.39 is 0 Å². The second-order valence-corrected chi connectivity index (χ2v) is 6.02. The maximum Gasteiger partial charge on any atom is 0.0835 e. The van der Waals surface area contributed by atoms with Crippen molar-refractivity contribution < 1.29 is 0 Å². The van der Waals surface area contributed by atoms with Gasteiger partial charge in [-0.2, -0.15) is 5.26 Å². The zero-order chi connectivity index (χ0) is 15.0. The maximum absolute atomic E-state index is 9.83. The Morgan fingerprint density at radius 2 is 1.55 bits per heavy atom. The molecule has 20 heavy (non-hydrogen) atoms. The zero-order valence-electron chi connectivity index (χ0n) is 13.3. The molecule has 0 aromatic heterocycles. The molecule has 0 N–H and O–H groups in total. The molecule has 3 heteroatoms. The molecular formula is C17H27N3. The van der Waals surface area contributed by atoms with Gasteiger partial charge in [0.1, 0.15) is 0 Å². The first-order valence-electron chi connectivity index (χ1n) is 7.26. The van der Waals surface area contributed by atoms with Crippen molar-refractivity contribution in [1.29, 1.82) is 5.26 Å². The average Bonchev–Trinajstić information content (AvgIpc) is 2.43. The van der Waals surface area contributed by atoms with Gasteiger partial charge in [-0.1, -0.05) is 30.3 Å². The molecule has 0 fully saturated rings.